The minimum atomic E-state index is -0.00478. The highest BCUT2D eigenvalue weighted by Gasteiger charge is 2.42. The van der Waals surface area contributed by atoms with E-state index in [1.807, 2.05) is 24.3 Å². The quantitative estimate of drug-likeness (QED) is 0.872. The summed E-state index contributed by atoms with van der Waals surface area (Å²) in [4.78, 5) is 12.1. The fraction of sp³-hybridized carbons (Fsp3) is 0.632. The average molecular weight is 301 g/mol. The summed E-state index contributed by atoms with van der Waals surface area (Å²) in [6, 6.07) is 8.24. The van der Waals surface area contributed by atoms with E-state index < -0.39 is 0 Å². The molecule has 22 heavy (non-hydrogen) atoms. The van der Waals surface area contributed by atoms with Crippen LogP contribution in [0, 0.1) is 17.8 Å². The molecule has 0 aromatic heterocycles. The number of aryl methyl sites for hydroxylation is 1. The molecule has 2 bridgehead atoms. The van der Waals surface area contributed by atoms with E-state index in [0.29, 0.717) is 5.92 Å². The van der Waals surface area contributed by atoms with Crippen molar-refractivity contribution in [3.8, 4) is 5.75 Å². The second kappa shape index (κ2) is 6.72. The Kier molecular flexibility index (Phi) is 4.70. The maximum Gasteiger partial charge on any atom is 0.258 e. The van der Waals surface area contributed by atoms with Gasteiger partial charge in [-0.3, -0.25) is 4.79 Å². The summed E-state index contributed by atoms with van der Waals surface area (Å²) in [5.74, 6) is 3.19. The van der Waals surface area contributed by atoms with Crippen LogP contribution >= 0.6 is 0 Å². The van der Waals surface area contributed by atoms with Crippen LogP contribution in [0.15, 0.2) is 24.3 Å². The van der Waals surface area contributed by atoms with E-state index in [-0.39, 0.29) is 18.6 Å². The van der Waals surface area contributed by atoms with Crippen molar-refractivity contribution in [2.24, 2.45) is 17.8 Å². The number of nitrogens with one attached hydrogen (secondary N) is 1. The van der Waals surface area contributed by atoms with Crippen LogP contribution in [-0.4, -0.2) is 18.6 Å². The molecule has 4 unspecified atom stereocenters. The summed E-state index contributed by atoms with van der Waals surface area (Å²) < 4.78 is 5.58. The Morgan fingerprint density at radius 1 is 1.27 bits per heavy atom. The van der Waals surface area contributed by atoms with E-state index >= 15 is 0 Å². The van der Waals surface area contributed by atoms with Gasteiger partial charge in [-0.15, -0.1) is 0 Å². The molecule has 3 nitrogen and oxygen atoms in total. The zero-order valence-electron chi connectivity index (χ0n) is 13.7. The second-order valence-electron chi connectivity index (χ2n) is 6.98. The number of rotatable bonds is 6. The van der Waals surface area contributed by atoms with Gasteiger partial charge in [-0.2, -0.15) is 0 Å². The highest BCUT2D eigenvalue weighted by atomic mass is 16.5. The molecule has 1 aromatic rings. The topological polar surface area (TPSA) is 38.3 Å². The van der Waals surface area contributed by atoms with Crippen LogP contribution in [0.3, 0.4) is 0 Å². The summed E-state index contributed by atoms with van der Waals surface area (Å²) in [7, 11) is 0. The molecule has 0 aliphatic heterocycles. The monoisotopic (exact) mass is 301 g/mol. The van der Waals surface area contributed by atoms with Crippen LogP contribution in [0.5, 0.6) is 5.75 Å². The van der Waals surface area contributed by atoms with Crippen molar-refractivity contribution in [2.45, 2.75) is 52.0 Å². The van der Waals surface area contributed by atoms with Gasteiger partial charge in [0, 0.05) is 6.04 Å². The number of amides is 1. The standard InChI is InChI=1S/C19H27NO2/c1-3-14-5-8-17(9-6-14)22-12-19(21)20-13(2)18-11-15-4-7-16(18)10-15/h5-6,8-9,13,15-16,18H,3-4,7,10-12H2,1-2H3,(H,20,21). The molecule has 1 N–H and O–H groups in total. The molecule has 1 amide bonds. The van der Waals surface area contributed by atoms with Crippen LogP contribution in [0.25, 0.3) is 0 Å². The number of hydrogen-bond acceptors (Lipinski definition) is 2. The fourth-order valence-electron chi connectivity index (χ4n) is 4.28. The highest BCUT2D eigenvalue weighted by Crippen LogP contribution is 2.49. The van der Waals surface area contributed by atoms with Gasteiger partial charge in [0.2, 0.25) is 0 Å². The molecular weight excluding hydrogens is 274 g/mol. The van der Waals surface area contributed by atoms with Crippen molar-refractivity contribution in [1.29, 1.82) is 0 Å². The molecule has 120 valence electrons. The van der Waals surface area contributed by atoms with Gasteiger partial charge in [0.05, 0.1) is 0 Å². The maximum absolute atomic E-state index is 12.1. The third-order valence-corrected chi connectivity index (χ3v) is 5.53. The Morgan fingerprint density at radius 3 is 2.64 bits per heavy atom. The summed E-state index contributed by atoms with van der Waals surface area (Å²) in [6.45, 7) is 4.39. The molecule has 3 heteroatoms. The van der Waals surface area contributed by atoms with Crippen LogP contribution in [-0.2, 0) is 11.2 Å². The number of carbonyl (C=O) groups is 1. The van der Waals surface area contributed by atoms with Gasteiger partial charge >= 0.3 is 0 Å². The van der Waals surface area contributed by atoms with Gasteiger partial charge in [0.15, 0.2) is 6.61 Å². The molecule has 2 fully saturated rings. The molecule has 0 radical (unpaired) electrons. The van der Waals surface area contributed by atoms with E-state index in [2.05, 4.69) is 19.2 Å². The summed E-state index contributed by atoms with van der Waals surface area (Å²) in [5, 5.41) is 3.14. The molecule has 1 aromatic carbocycles. The second-order valence-corrected chi connectivity index (χ2v) is 6.98. The molecule has 0 saturated heterocycles. The van der Waals surface area contributed by atoms with Crippen molar-refractivity contribution < 1.29 is 9.53 Å². The van der Waals surface area contributed by atoms with Crippen LogP contribution in [0.1, 0.15) is 45.1 Å². The van der Waals surface area contributed by atoms with E-state index in [1.54, 1.807) is 0 Å². The zero-order chi connectivity index (χ0) is 15.5. The first kappa shape index (κ1) is 15.4. The summed E-state index contributed by atoms with van der Waals surface area (Å²) in [5.41, 5.74) is 1.28. The van der Waals surface area contributed by atoms with Crippen LogP contribution in [0.4, 0.5) is 0 Å². The first-order valence-corrected chi connectivity index (χ1v) is 8.66. The summed E-state index contributed by atoms with van der Waals surface area (Å²) >= 11 is 0. The zero-order valence-corrected chi connectivity index (χ0v) is 13.7. The van der Waals surface area contributed by atoms with Gasteiger partial charge in [-0.25, -0.2) is 0 Å². The SMILES string of the molecule is CCc1ccc(OCC(=O)NC(C)C2CC3CCC2C3)cc1. The highest BCUT2D eigenvalue weighted by molar-refractivity contribution is 5.77. The molecule has 0 heterocycles. The van der Waals surface area contributed by atoms with Crippen molar-refractivity contribution in [2.75, 3.05) is 6.61 Å². The number of benzene rings is 1. The van der Waals surface area contributed by atoms with Crippen molar-refractivity contribution in [1.82, 2.24) is 5.32 Å². The molecule has 2 aliphatic rings. The Balaban J connectivity index is 1.43. The predicted molar refractivity (Wildman–Crippen MR) is 87.9 cm³/mol. The normalized spacial score (nSPS) is 27.6. The van der Waals surface area contributed by atoms with E-state index in [1.165, 1.54) is 31.2 Å². The lowest BCUT2D eigenvalue weighted by Crippen LogP contribution is -2.42. The Morgan fingerprint density at radius 2 is 2.05 bits per heavy atom. The largest absolute Gasteiger partial charge is 0.484 e. The predicted octanol–water partition coefficient (Wildman–Crippen LogP) is 3.57. The van der Waals surface area contributed by atoms with Gasteiger partial charge in [-0.05, 0) is 68.1 Å². The van der Waals surface area contributed by atoms with Gasteiger partial charge < -0.3 is 10.1 Å². The minimum Gasteiger partial charge on any atom is -0.484 e. The smallest absolute Gasteiger partial charge is 0.258 e. The molecule has 2 saturated carbocycles. The van der Waals surface area contributed by atoms with Gasteiger partial charge in [-0.1, -0.05) is 25.5 Å². The maximum atomic E-state index is 12.1. The first-order valence-electron chi connectivity index (χ1n) is 8.66. The Hall–Kier alpha value is -1.51. The first-order chi connectivity index (χ1) is 10.7. The number of fused-ring (bicyclic) bond motifs is 2. The van der Waals surface area contributed by atoms with Crippen LogP contribution < -0.4 is 10.1 Å². The van der Waals surface area contributed by atoms with E-state index in [0.717, 1.165) is 24.0 Å². The van der Waals surface area contributed by atoms with Crippen molar-refractivity contribution in [3.05, 3.63) is 29.8 Å². The summed E-state index contributed by atoms with van der Waals surface area (Å²) in [6.07, 6.45) is 6.45. The Labute approximate surface area is 133 Å². The molecule has 4 atom stereocenters. The number of carbonyl (C=O) groups excluding carboxylic acids is 1. The van der Waals surface area contributed by atoms with Gasteiger partial charge in [0.1, 0.15) is 5.75 Å². The van der Waals surface area contributed by atoms with E-state index in [4.69, 9.17) is 4.74 Å². The third-order valence-electron chi connectivity index (χ3n) is 5.53. The van der Waals surface area contributed by atoms with Gasteiger partial charge in [0.25, 0.3) is 5.91 Å². The molecule has 3 rings (SSSR count). The Bertz CT molecular complexity index is 511. The third kappa shape index (κ3) is 3.45. The average Bonchev–Trinajstić information content (AvgIpc) is 3.16. The number of ether oxygens (including phenoxy) is 1. The molecular formula is C19H27NO2. The lowest BCUT2D eigenvalue weighted by Gasteiger charge is -2.28. The molecule has 2 aliphatic carbocycles. The van der Waals surface area contributed by atoms with Crippen LogP contribution in [0.2, 0.25) is 0 Å². The fourth-order valence-corrected chi connectivity index (χ4v) is 4.28. The molecule has 0 spiro atoms. The van der Waals surface area contributed by atoms with Crippen molar-refractivity contribution in [3.63, 3.8) is 0 Å². The lowest BCUT2D eigenvalue weighted by molar-refractivity contribution is -0.124. The number of hydrogen-bond donors (Lipinski definition) is 1. The lowest BCUT2D eigenvalue weighted by atomic mass is 9.84. The van der Waals surface area contributed by atoms with Crippen molar-refractivity contribution >= 4 is 5.91 Å². The minimum absolute atomic E-state index is 0.00478. The van der Waals surface area contributed by atoms with E-state index in [9.17, 15) is 4.79 Å².